The minimum atomic E-state index is -5.16. The molecule has 1 atom stereocenters. The molecule has 7 heteroatoms. The largest absolute Gasteiger partial charge is 0.490 e. The topological polar surface area (TPSA) is 52.6 Å². The van der Waals surface area contributed by atoms with Crippen molar-refractivity contribution in [3.63, 3.8) is 0 Å². The van der Waals surface area contributed by atoms with Crippen LogP contribution >= 0.6 is 0 Å². The molecule has 2 rings (SSSR count). The Morgan fingerprint density at radius 1 is 1.05 bits per heavy atom. The number of halogens is 3. The quantitative estimate of drug-likeness (QED) is 0.645. The fraction of sp³-hybridized carbons (Fsp3) is 0.200. The zero-order valence-electron chi connectivity index (χ0n) is 11.4. The van der Waals surface area contributed by atoms with Crippen molar-refractivity contribution in [3.8, 4) is 5.75 Å². The summed E-state index contributed by atoms with van der Waals surface area (Å²) >= 11 is 0. The van der Waals surface area contributed by atoms with Gasteiger partial charge in [-0.3, -0.25) is 0 Å². The van der Waals surface area contributed by atoms with Crippen LogP contribution in [0.1, 0.15) is 6.92 Å². The summed E-state index contributed by atoms with van der Waals surface area (Å²) < 4.78 is 45.1. The van der Waals surface area contributed by atoms with Crippen LogP contribution in [0.5, 0.6) is 5.75 Å². The number of fused-ring (bicyclic) bond motifs is 1. The summed E-state index contributed by atoms with van der Waals surface area (Å²) in [6.07, 6.45) is -6.82. The zero-order chi connectivity index (χ0) is 16.3. The number of hydrogen-bond donors (Lipinski definition) is 0. The van der Waals surface area contributed by atoms with Gasteiger partial charge in [0, 0.05) is 0 Å². The van der Waals surface area contributed by atoms with Crippen LogP contribution < -0.4 is 4.74 Å². The van der Waals surface area contributed by atoms with Gasteiger partial charge in [-0.25, -0.2) is 9.59 Å². The van der Waals surface area contributed by atoms with E-state index in [4.69, 9.17) is 4.74 Å². The SMILES string of the molecule is CC(OC(=O)C(F)(F)F)C(=O)Oc1ccc2ccccc2c1. The smallest absolute Gasteiger partial charge is 0.444 e. The second-order valence-corrected chi connectivity index (χ2v) is 4.48. The first-order valence-corrected chi connectivity index (χ1v) is 6.25. The van der Waals surface area contributed by atoms with E-state index >= 15 is 0 Å². The van der Waals surface area contributed by atoms with E-state index in [1.807, 2.05) is 12.1 Å². The number of alkyl halides is 3. The van der Waals surface area contributed by atoms with Crippen LogP contribution in [0.15, 0.2) is 42.5 Å². The minimum absolute atomic E-state index is 0.151. The fourth-order valence-corrected chi connectivity index (χ4v) is 1.71. The lowest BCUT2D eigenvalue weighted by Gasteiger charge is -2.13. The third-order valence-electron chi connectivity index (χ3n) is 2.79. The molecule has 0 heterocycles. The van der Waals surface area contributed by atoms with Gasteiger partial charge in [-0.1, -0.05) is 30.3 Å². The summed E-state index contributed by atoms with van der Waals surface area (Å²) in [4.78, 5) is 22.3. The molecule has 0 aliphatic heterocycles. The van der Waals surface area contributed by atoms with Gasteiger partial charge < -0.3 is 9.47 Å². The Labute approximate surface area is 123 Å². The maximum absolute atomic E-state index is 12.0. The summed E-state index contributed by atoms with van der Waals surface area (Å²) in [5.41, 5.74) is 0. The third-order valence-corrected chi connectivity index (χ3v) is 2.79. The molecule has 0 aromatic heterocycles. The molecule has 0 aliphatic rings. The van der Waals surface area contributed by atoms with Crippen LogP contribution in [0.2, 0.25) is 0 Å². The van der Waals surface area contributed by atoms with Crippen molar-refractivity contribution < 1.29 is 32.2 Å². The van der Waals surface area contributed by atoms with Crippen molar-refractivity contribution in [2.24, 2.45) is 0 Å². The highest BCUT2D eigenvalue weighted by Gasteiger charge is 2.42. The molecule has 0 fully saturated rings. The van der Waals surface area contributed by atoms with Crippen molar-refractivity contribution >= 4 is 22.7 Å². The lowest BCUT2D eigenvalue weighted by Crippen LogP contribution is -2.34. The number of carbonyl (C=O) groups is 2. The van der Waals surface area contributed by atoms with Crippen molar-refractivity contribution in [2.75, 3.05) is 0 Å². The molecular weight excluding hydrogens is 301 g/mol. The Morgan fingerprint density at radius 3 is 2.32 bits per heavy atom. The molecule has 0 saturated carbocycles. The molecular formula is C15H11F3O4. The Bertz CT molecular complexity index is 709. The number of esters is 2. The van der Waals surface area contributed by atoms with Crippen LogP contribution in [0.25, 0.3) is 10.8 Å². The van der Waals surface area contributed by atoms with Crippen molar-refractivity contribution in [3.05, 3.63) is 42.5 Å². The highest BCUT2D eigenvalue weighted by atomic mass is 19.4. The van der Waals surface area contributed by atoms with Crippen LogP contribution in [0.4, 0.5) is 13.2 Å². The molecule has 4 nitrogen and oxygen atoms in total. The van der Waals surface area contributed by atoms with Crippen LogP contribution in [-0.2, 0) is 14.3 Å². The molecule has 116 valence electrons. The predicted octanol–water partition coefficient (Wildman–Crippen LogP) is 3.24. The molecule has 2 aromatic rings. The molecule has 0 saturated heterocycles. The summed E-state index contributed by atoms with van der Waals surface area (Å²) in [6.45, 7) is 1.01. The van der Waals surface area contributed by atoms with Crippen LogP contribution in [0.3, 0.4) is 0 Å². The first kappa shape index (κ1) is 15.8. The van der Waals surface area contributed by atoms with Gasteiger partial charge in [-0.05, 0) is 29.8 Å². The average molecular weight is 312 g/mol. The van der Waals surface area contributed by atoms with Gasteiger partial charge in [-0.15, -0.1) is 0 Å². The molecule has 0 bridgehead atoms. The Hall–Kier alpha value is -2.57. The van der Waals surface area contributed by atoms with Gasteiger partial charge in [0.25, 0.3) is 0 Å². The van der Waals surface area contributed by atoms with Crippen molar-refractivity contribution in [1.29, 1.82) is 0 Å². The summed E-state index contributed by atoms with van der Waals surface area (Å²) in [5.74, 6) is -3.37. The second-order valence-electron chi connectivity index (χ2n) is 4.48. The van der Waals surface area contributed by atoms with Crippen LogP contribution in [0, 0.1) is 0 Å². The maximum Gasteiger partial charge on any atom is 0.490 e. The Kier molecular flexibility index (Phi) is 4.35. The van der Waals surface area contributed by atoms with Crippen molar-refractivity contribution in [1.82, 2.24) is 0 Å². The standard InChI is InChI=1S/C15H11F3O4/c1-9(21-14(20)15(16,17)18)13(19)22-12-7-6-10-4-2-3-5-11(10)8-12/h2-9H,1H3. The van der Waals surface area contributed by atoms with E-state index in [9.17, 15) is 22.8 Å². The number of benzene rings is 2. The predicted molar refractivity (Wildman–Crippen MR) is 71.2 cm³/mol. The van der Waals surface area contributed by atoms with Crippen LogP contribution in [-0.4, -0.2) is 24.2 Å². The van der Waals surface area contributed by atoms with E-state index < -0.39 is 24.2 Å². The van der Waals surface area contributed by atoms with E-state index in [0.717, 1.165) is 17.7 Å². The van der Waals surface area contributed by atoms with Gasteiger partial charge >= 0.3 is 18.1 Å². The van der Waals surface area contributed by atoms with Gasteiger partial charge in [0.05, 0.1) is 0 Å². The zero-order valence-corrected chi connectivity index (χ0v) is 11.4. The molecule has 2 aromatic carbocycles. The molecule has 22 heavy (non-hydrogen) atoms. The summed E-state index contributed by atoms with van der Waals surface area (Å²) in [6, 6.07) is 12.0. The summed E-state index contributed by atoms with van der Waals surface area (Å²) in [7, 11) is 0. The van der Waals surface area contributed by atoms with Gasteiger partial charge in [0.1, 0.15) is 5.75 Å². The van der Waals surface area contributed by atoms with E-state index in [-0.39, 0.29) is 5.75 Å². The van der Waals surface area contributed by atoms with Crippen molar-refractivity contribution in [2.45, 2.75) is 19.2 Å². The fourth-order valence-electron chi connectivity index (χ4n) is 1.71. The molecule has 0 radical (unpaired) electrons. The van der Waals surface area contributed by atoms with Gasteiger partial charge in [0.15, 0.2) is 6.10 Å². The molecule has 0 N–H and O–H groups in total. The lowest BCUT2D eigenvalue weighted by molar-refractivity contribution is -0.206. The Balaban J connectivity index is 2.05. The lowest BCUT2D eigenvalue weighted by atomic mass is 10.1. The first-order chi connectivity index (χ1) is 10.3. The number of carbonyl (C=O) groups excluding carboxylic acids is 2. The highest BCUT2D eigenvalue weighted by molar-refractivity contribution is 5.86. The minimum Gasteiger partial charge on any atom is -0.444 e. The highest BCUT2D eigenvalue weighted by Crippen LogP contribution is 2.22. The summed E-state index contributed by atoms with van der Waals surface area (Å²) in [5, 5.41) is 1.71. The number of ether oxygens (including phenoxy) is 2. The molecule has 0 aliphatic carbocycles. The van der Waals surface area contributed by atoms with Gasteiger partial charge in [0.2, 0.25) is 0 Å². The number of rotatable bonds is 3. The average Bonchev–Trinajstić information content (AvgIpc) is 2.46. The number of hydrogen-bond acceptors (Lipinski definition) is 4. The maximum atomic E-state index is 12.0. The molecule has 1 unspecified atom stereocenters. The first-order valence-electron chi connectivity index (χ1n) is 6.25. The van der Waals surface area contributed by atoms with E-state index in [1.54, 1.807) is 24.3 Å². The Morgan fingerprint density at radius 2 is 1.68 bits per heavy atom. The third kappa shape index (κ3) is 3.75. The molecule has 0 spiro atoms. The van der Waals surface area contributed by atoms with E-state index in [1.165, 1.54) is 6.07 Å². The normalized spacial score (nSPS) is 12.7. The van der Waals surface area contributed by atoms with E-state index in [2.05, 4.69) is 4.74 Å². The second kappa shape index (κ2) is 6.05. The monoisotopic (exact) mass is 312 g/mol. The van der Waals surface area contributed by atoms with E-state index in [0.29, 0.717) is 0 Å². The molecule has 0 amide bonds. The van der Waals surface area contributed by atoms with Gasteiger partial charge in [-0.2, -0.15) is 13.2 Å².